The SMILES string of the molecule is Cc1cc(Oc2ccc3scnc3c2N)n(C)n1. The number of nitrogens with two attached hydrogens (primary N) is 1. The Morgan fingerprint density at radius 3 is 2.94 bits per heavy atom. The smallest absolute Gasteiger partial charge is 0.217 e. The summed E-state index contributed by atoms with van der Waals surface area (Å²) < 4.78 is 8.52. The number of benzene rings is 1. The van der Waals surface area contributed by atoms with Gasteiger partial charge in [-0.15, -0.1) is 11.3 Å². The molecule has 0 saturated heterocycles. The van der Waals surface area contributed by atoms with Crippen molar-refractivity contribution in [2.75, 3.05) is 5.73 Å². The largest absolute Gasteiger partial charge is 0.437 e. The number of ether oxygens (including phenoxy) is 1. The number of thiazole rings is 1. The third kappa shape index (κ3) is 1.70. The highest BCUT2D eigenvalue weighted by molar-refractivity contribution is 7.16. The van der Waals surface area contributed by atoms with Crippen molar-refractivity contribution in [3.05, 3.63) is 29.4 Å². The number of aryl methyl sites for hydroxylation is 2. The Kier molecular flexibility index (Phi) is 2.45. The summed E-state index contributed by atoms with van der Waals surface area (Å²) in [6, 6.07) is 5.69. The van der Waals surface area contributed by atoms with Crippen molar-refractivity contribution in [1.82, 2.24) is 14.8 Å². The van der Waals surface area contributed by atoms with Crippen LogP contribution in [0.25, 0.3) is 10.2 Å². The van der Waals surface area contributed by atoms with Crippen LogP contribution in [-0.4, -0.2) is 14.8 Å². The van der Waals surface area contributed by atoms with Gasteiger partial charge in [-0.25, -0.2) is 9.67 Å². The van der Waals surface area contributed by atoms with Gasteiger partial charge in [0, 0.05) is 13.1 Å². The fraction of sp³-hybridized carbons (Fsp3) is 0.167. The normalized spacial score (nSPS) is 11.0. The number of rotatable bonds is 2. The molecule has 0 radical (unpaired) electrons. The standard InChI is InChI=1S/C12H12N4OS/c1-7-5-10(16(2)15-7)17-8-3-4-9-12(11(8)13)14-6-18-9/h3-6H,13H2,1-2H3. The molecule has 0 aliphatic carbocycles. The van der Waals surface area contributed by atoms with E-state index in [0.29, 0.717) is 17.3 Å². The predicted octanol–water partition coefficient (Wildman–Crippen LogP) is 2.71. The molecule has 3 aromatic rings. The van der Waals surface area contributed by atoms with E-state index in [2.05, 4.69) is 10.1 Å². The summed E-state index contributed by atoms with van der Waals surface area (Å²) >= 11 is 1.56. The van der Waals surface area contributed by atoms with Gasteiger partial charge in [-0.2, -0.15) is 5.10 Å². The fourth-order valence-electron chi connectivity index (χ4n) is 1.82. The Hall–Kier alpha value is -2.08. The van der Waals surface area contributed by atoms with Crippen LogP contribution in [0.2, 0.25) is 0 Å². The lowest BCUT2D eigenvalue weighted by Gasteiger charge is -2.08. The molecule has 18 heavy (non-hydrogen) atoms. The van der Waals surface area contributed by atoms with Crippen molar-refractivity contribution in [2.45, 2.75) is 6.92 Å². The van der Waals surface area contributed by atoms with Crippen LogP contribution in [0.15, 0.2) is 23.7 Å². The second-order valence-corrected chi connectivity index (χ2v) is 4.91. The van der Waals surface area contributed by atoms with Crippen LogP contribution in [0, 0.1) is 6.92 Å². The third-order valence-corrected chi connectivity index (χ3v) is 3.47. The van der Waals surface area contributed by atoms with E-state index in [1.54, 1.807) is 21.5 Å². The number of hydrogen-bond acceptors (Lipinski definition) is 5. The number of anilines is 1. The molecule has 5 nitrogen and oxygen atoms in total. The maximum Gasteiger partial charge on any atom is 0.217 e. The molecular weight excluding hydrogens is 248 g/mol. The summed E-state index contributed by atoms with van der Waals surface area (Å²) in [6.07, 6.45) is 0. The molecular formula is C12H12N4OS. The van der Waals surface area contributed by atoms with Crippen LogP contribution in [-0.2, 0) is 7.05 Å². The molecule has 1 aromatic carbocycles. The van der Waals surface area contributed by atoms with E-state index < -0.39 is 0 Å². The van der Waals surface area contributed by atoms with E-state index in [4.69, 9.17) is 10.5 Å². The van der Waals surface area contributed by atoms with E-state index in [9.17, 15) is 0 Å². The maximum atomic E-state index is 6.06. The van der Waals surface area contributed by atoms with E-state index in [1.807, 2.05) is 32.2 Å². The first-order valence-electron chi connectivity index (χ1n) is 5.45. The lowest BCUT2D eigenvalue weighted by Crippen LogP contribution is -1.98. The minimum Gasteiger partial charge on any atom is -0.437 e. The van der Waals surface area contributed by atoms with Crippen LogP contribution in [0.4, 0.5) is 5.69 Å². The lowest BCUT2D eigenvalue weighted by molar-refractivity contribution is 0.433. The third-order valence-electron chi connectivity index (χ3n) is 2.68. The van der Waals surface area contributed by atoms with Crippen molar-refractivity contribution in [3.63, 3.8) is 0 Å². The zero-order valence-corrected chi connectivity index (χ0v) is 10.9. The van der Waals surface area contributed by atoms with Gasteiger partial charge in [-0.05, 0) is 19.1 Å². The summed E-state index contributed by atoms with van der Waals surface area (Å²) in [4.78, 5) is 4.24. The van der Waals surface area contributed by atoms with Gasteiger partial charge < -0.3 is 10.5 Å². The van der Waals surface area contributed by atoms with E-state index in [-0.39, 0.29) is 0 Å². The molecule has 0 spiro atoms. The quantitative estimate of drug-likeness (QED) is 0.719. The van der Waals surface area contributed by atoms with Gasteiger partial charge >= 0.3 is 0 Å². The number of aromatic nitrogens is 3. The molecule has 2 aromatic heterocycles. The monoisotopic (exact) mass is 260 g/mol. The van der Waals surface area contributed by atoms with Crippen LogP contribution < -0.4 is 10.5 Å². The van der Waals surface area contributed by atoms with Gasteiger partial charge in [0.25, 0.3) is 0 Å². The van der Waals surface area contributed by atoms with Gasteiger partial charge in [0.05, 0.1) is 15.9 Å². The molecule has 2 N–H and O–H groups in total. The summed E-state index contributed by atoms with van der Waals surface area (Å²) in [7, 11) is 1.83. The summed E-state index contributed by atoms with van der Waals surface area (Å²) in [5.41, 5.74) is 10.1. The Morgan fingerprint density at radius 2 is 2.22 bits per heavy atom. The highest BCUT2D eigenvalue weighted by Crippen LogP contribution is 2.34. The van der Waals surface area contributed by atoms with Gasteiger partial charge in [0.2, 0.25) is 5.88 Å². The molecule has 0 amide bonds. The molecule has 0 aliphatic heterocycles. The summed E-state index contributed by atoms with van der Waals surface area (Å²) in [6.45, 7) is 1.92. The van der Waals surface area contributed by atoms with Crippen molar-refractivity contribution in [2.24, 2.45) is 7.05 Å². The van der Waals surface area contributed by atoms with Crippen molar-refractivity contribution >= 4 is 27.2 Å². The minimum atomic E-state index is 0.563. The Balaban J connectivity index is 2.04. The van der Waals surface area contributed by atoms with Crippen LogP contribution in [0.5, 0.6) is 11.6 Å². The zero-order chi connectivity index (χ0) is 12.7. The topological polar surface area (TPSA) is 66.0 Å². The van der Waals surface area contributed by atoms with Gasteiger partial charge in [-0.1, -0.05) is 0 Å². The average Bonchev–Trinajstić information content (AvgIpc) is 2.90. The van der Waals surface area contributed by atoms with Crippen LogP contribution in [0.3, 0.4) is 0 Å². The van der Waals surface area contributed by atoms with Gasteiger partial charge in [-0.3, -0.25) is 0 Å². The first kappa shape index (κ1) is 11.0. The first-order chi connectivity index (χ1) is 8.65. The molecule has 0 aliphatic rings. The molecule has 2 heterocycles. The minimum absolute atomic E-state index is 0.563. The van der Waals surface area contributed by atoms with Crippen molar-refractivity contribution in [3.8, 4) is 11.6 Å². The summed E-state index contributed by atoms with van der Waals surface area (Å²) in [5, 5.41) is 4.23. The second kappa shape index (κ2) is 3.99. The lowest BCUT2D eigenvalue weighted by atomic mass is 10.2. The van der Waals surface area contributed by atoms with Crippen molar-refractivity contribution in [1.29, 1.82) is 0 Å². The number of nitrogens with zero attached hydrogens (tertiary/aromatic N) is 3. The van der Waals surface area contributed by atoms with Crippen LogP contribution in [0.1, 0.15) is 5.69 Å². The Morgan fingerprint density at radius 1 is 1.39 bits per heavy atom. The van der Waals surface area contributed by atoms with Gasteiger partial charge in [0.1, 0.15) is 11.2 Å². The molecule has 6 heteroatoms. The molecule has 92 valence electrons. The number of hydrogen-bond donors (Lipinski definition) is 1. The van der Waals surface area contributed by atoms with Crippen molar-refractivity contribution < 1.29 is 4.74 Å². The fourth-order valence-corrected chi connectivity index (χ4v) is 2.51. The average molecular weight is 260 g/mol. The van der Waals surface area contributed by atoms with E-state index >= 15 is 0 Å². The van der Waals surface area contributed by atoms with E-state index in [1.165, 1.54) is 0 Å². The number of nitrogen functional groups attached to an aromatic ring is 1. The Bertz CT molecular complexity index is 716. The molecule has 3 rings (SSSR count). The molecule has 0 fully saturated rings. The highest BCUT2D eigenvalue weighted by atomic mass is 32.1. The van der Waals surface area contributed by atoms with Crippen LogP contribution >= 0.6 is 11.3 Å². The predicted molar refractivity (Wildman–Crippen MR) is 72.1 cm³/mol. The van der Waals surface area contributed by atoms with E-state index in [0.717, 1.165) is 15.9 Å². The Labute approximate surface area is 108 Å². The molecule has 0 bridgehead atoms. The zero-order valence-electron chi connectivity index (χ0n) is 10.0. The first-order valence-corrected chi connectivity index (χ1v) is 6.33. The highest BCUT2D eigenvalue weighted by Gasteiger charge is 2.11. The maximum absolute atomic E-state index is 6.06. The molecule has 0 unspecified atom stereocenters. The molecule has 0 saturated carbocycles. The number of fused-ring (bicyclic) bond motifs is 1. The molecule has 0 atom stereocenters. The van der Waals surface area contributed by atoms with Gasteiger partial charge in [0.15, 0.2) is 5.75 Å². The second-order valence-electron chi connectivity index (χ2n) is 4.03. The summed E-state index contributed by atoms with van der Waals surface area (Å²) in [5.74, 6) is 1.27.